The Hall–Kier alpha value is -0.380. The monoisotopic (exact) mass is 204 g/mol. The second kappa shape index (κ2) is 3.40. The van der Waals surface area contributed by atoms with Crippen molar-refractivity contribution in [2.24, 2.45) is 5.41 Å². The fourth-order valence-electron chi connectivity index (χ4n) is 1.74. The van der Waals surface area contributed by atoms with Crippen LogP contribution in [0.2, 0.25) is 0 Å². The summed E-state index contributed by atoms with van der Waals surface area (Å²) in [6, 6.07) is 0. The summed E-state index contributed by atoms with van der Waals surface area (Å²) in [6.07, 6.45) is 3.90. The van der Waals surface area contributed by atoms with Gasteiger partial charge in [-0.15, -0.1) is 0 Å². The van der Waals surface area contributed by atoms with E-state index in [2.05, 4.69) is 0 Å². The smallest absolute Gasteiger partial charge is 0.147 e. The van der Waals surface area contributed by atoms with Crippen molar-refractivity contribution in [3.63, 3.8) is 0 Å². The molecule has 1 rings (SSSR count). The zero-order valence-corrected chi connectivity index (χ0v) is 8.99. The van der Waals surface area contributed by atoms with E-state index in [4.69, 9.17) is 0 Å². The molecule has 1 saturated carbocycles. The van der Waals surface area contributed by atoms with Crippen molar-refractivity contribution in [2.75, 3.05) is 12.0 Å². The number of hydrogen-bond donors (Lipinski definition) is 0. The third-order valence-corrected chi connectivity index (χ3v) is 3.65. The Labute approximate surface area is 79.4 Å². The quantitative estimate of drug-likeness (QED) is 0.693. The van der Waals surface area contributed by atoms with Crippen LogP contribution >= 0.6 is 0 Å². The third kappa shape index (κ3) is 3.46. The molecule has 0 aliphatic heterocycles. The maximum atomic E-state index is 11.0. The van der Waals surface area contributed by atoms with E-state index in [0.29, 0.717) is 19.3 Å². The predicted octanol–water partition coefficient (Wildman–Crippen LogP) is 1.18. The summed E-state index contributed by atoms with van der Waals surface area (Å²) in [6.45, 7) is 2.00. The largest absolute Gasteiger partial charge is 0.300 e. The Bertz CT molecular complexity index is 305. The lowest BCUT2D eigenvalue weighted by molar-refractivity contribution is -0.117. The topological polar surface area (TPSA) is 51.2 Å². The molecule has 0 aromatic rings. The minimum Gasteiger partial charge on any atom is -0.300 e. The molecule has 0 heterocycles. The van der Waals surface area contributed by atoms with Crippen molar-refractivity contribution in [1.29, 1.82) is 0 Å². The van der Waals surface area contributed by atoms with E-state index < -0.39 is 9.84 Å². The molecule has 0 spiro atoms. The van der Waals surface area contributed by atoms with Gasteiger partial charge >= 0.3 is 0 Å². The van der Waals surface area contributed by atoms with Gasteiger partial charge in [-0.25, -0.2) is 8.42 Å². The van der Waals surface area contributed by atoms with E-state index in [0.717, 1.165) is 6.42 Å². The maximum Gasteiger partial charge on any atom is 0.147 e. The molecule has 0 aromatic carbocycles. The number of ketones is 1. The number of Topliss-reactive ketones (excluding diaryl/α,β-unsaturated/α-hetero) is 1. The van der Waals surface area contributed by atoms with Crippen LogP contribution in [-0.2, 0) is 14.6 Å². The van der Waals surface area contributed by atoms with Gasteiger partial charge in [0.05, 0.1) is 5.75 Å². The number of sulfone groups is 1. The van der Waals surface area contributed by atoms with Crippen molar-refractivity contribution >= 4 is 15.6 Å². The zero-order chi connectivity index (χ0) is 10.1. The van der Waals surface area contributed by atoms with E-state index in [1.807, 2.05) is 6.92 Å². The minimum absolute atomic E-state index is 0.0554. The fraction of sp³-hybridized carbons (Fsp3) is 0.889. The summed E-state index contributed by atoms with van der Waals surface area (Å²) in [5.41, 5.74) is -0.0554. The van der Waals surface area contributed by atoms with Crippen molar-refractivity contribution in [1.82, 2.24) is 0 Å². The molecule has 0 N–H and O–H groups in total. The molecular formula is C9H16O3S. The summed E-state index contributed by atoms with van der Waals surface area (Å²) in [5, 5.41) is 0. The standard InChI is InChI=1S/C9H16O3S/c1-9(4-3-8(10)7-9)5-6-13(2,11)12/h3-7H2,1-2H3. The van der Waals surface area contributed by atoms with Crippen molar-refractivity contribution in [3.8, 4) is 0 Å². The average molecular weight is 204 g/mol. The van der Waals surface area contributed by atoms with Crippen molar-refractivity contribution < 1.29 is 13.2 Å². The van der Waals surface area contributed by atoms with Gasteiger partial charge in [-0.05, 0) is 18.3 Å². The van der Waals surface area contributed by atoms with Crippen molar-refractivity contribution in [2.45, 2.75) is 32.6 Å². The van der Waals surface area contributed by atoms with Gasteiger partial charge in [0, 0.05) is 19.1 Å². The average Bonchev–Trinajstić information content (AvgIpc) is 2.27. The first-order valence-corrected chi connectivity index (χ1v) is 6.56. The normalized spacial score (nSPS) is 29.5. The number of carbonyl (C=O) groups is 1. The molecule has 1 aliphatic rings. The second-order valence-electron chi connectivity index (χ2n) is 4.41. The minimum atomic E-state index is -2.88. The fourth-order valence-corrected chi connectivity index (χ4v) is 2.60. The summed E-state index contributed by atoms with van der Waals surface area (Å²) in [5.74, 6) is 0.479. The van der Waals surface area contributed by atoms with E-state index in [-0.39, 0.29) is 17.0 Å². The molecule has 0 aromatic heterocycles. The molecule has 76 valence electrons. The van der Waals surface area contributed by atoms with Gasteiger partial charge in [0.25, 0.3) is 0 Å². The molecule has 1 atom stereocenters. The predicted molar refractivity (Wildman–Crippen MR) is 51.3 cm³/mol. The summed E-state index contributed by atoms with van der Waals surface area (Å²) in [7, 11) is -2.88. The third-order valence-electron chi connectivity index (χ3n) is 2.71. The molecule has 0 bridgehead atoms. The Balaban J connectivity index is 2.50. The van der Waals surface area contributed by atoms with Crippen LogP contribution < -0.4 is 0 Å². The van der Waals surface area contributed by atoms with Gasteiger partial charge in [-0.1, -0.05) is 6.92 Å². The van der Waals surface area contributed by atoms with Crippen LogP contribution in [0, 0.1) is 5.41 Å². The van der Waals surface area contributed by atoms with Crippen LogP contribution in [0.5, 0.6) is 0 Å². The highest BCUT2D eigenvalue weighted by Gasteiger charge is 2.34. The highest BCUT2D eigenvalue weighted by molar-refractivity contribution is 7.90. The van der Waals surface area contributed by atoms with Crippen LogP contribution in [0.4, 0.5) is 0 Å². The number of rotatable bonds is 3. The first-order chi connectivity index (χ1) is 5.81. The highest BCUT2D eigenvalue weighted by Crippen LogP contribution is 2.38. The van der Waals surface area contributed by atoms with Gasteiger partial charge in [0.15, 0.2) is 0 Å². The van der Waals surface area contributed by atoms with Gasteiger partial charge in [-0.2, -0.15) is 0 Å². The molecule has 13 heavy (non-hydrogen) atoms. The van der Waals surface area contributed by atoms with E-state index in [9.17, 15) is 13.2 Å². The Kier molecular flexibility index (Phi) is 2.80. The zero-order valence-electron chi connectivity index (χ0n) is 8.17. The molecule has 0 saturated heterocycles. The molecule has 0 radical (unpaired) electrons. The van der Waals surface area contributed by atoms with Crippen LogP contribution in [0.25, 0.3) is 0 Å². The van der Waals surface area contributed by atoms with Gasteiger partial charge in [0.2, 0.25) is 0 Å². The number of carbonyl (C=O) groups excluding carboxylic acids is 1. The molecule has 4 heteroatoms. The second-order valence-corrected chi connectivity index (χ2v) is 6.67. The molecule has 1 aliphatic carbocycles. The van der Waals surface area contributed by atoms with E-state index in [1.54, 1.807) is 0 Å². The van der Waals surface area contributed by atoms with Gasteiger partial charge < -0.3 is 0 Å². The molecule has 1 fully saturated rings. The van der Waals surface area contributed by atoms with Crippen LogP contribution in [0.3, 0.4) is 0 Å². The van der Waals surface area contributed by atoms with Crippen LogP contribution in [0.1, 0.15) is 32.6 Å². The van der Waals surface area contributed by atoms with E-state index in [1.165, 1.54) is 6.26 Å². The Morgan fingerprint density at radius 2 is 2.08 bits per heavy atom. The summed E-state index contributed by atoms with van der Waals surface area (Å²) >= 11 is 0. The summed E-state index contributed by atoms with van der Waals surface area (Å²) in [4.78, 5) is 11.0. The van der Waals surface area contributed by atoms with E-state index >= 15 is 0 Å². The lowest BCUT2D eigenvalue weighted by Gasteiger charge is -2.21. The van der Waals surface area contributed by atoms with Crippen LogP contribution in [0.15, 0.2) is 0 Å². The van der Waals surface area contributed by atoms with Gasteiger partial charge in [-0.3, -0.25) is 4.79 Å². The Morgan fingerprint density at radius 1 is 1.46 bits per heavy atom. The Morgan fingerprint density at radius 3 is 2.46 bits per heavy atom. The van der Waals surface area contributed by atoms with Crippen LogP contribution in [-0.4, -0.2) is 26.2 Å². The van der Waals surface area contributed by atoms with Crippen molar-refractivity contribution in [3.05, 3.63) is 0 Å². The lowest BCUT2D eigenvalue weighted by Crippen LogP contribution is -2.17. The SMILES string of the molecule is CC1(CCS(C)(=O)=O)CCC(=O)C1. The molecule has 0 amide bonds. The van der Waals surface area contributed by atoms with Gasteiger partial charge in [0.1, 0.15) is 15.6 Å². The molecular weight excluding hydrogens is 188 g/mol. The molecule has 1 unspecified atom stereocenters. The molecule has 3 nitrogen and oxygen atoms in total. The highest BCUT2D eigenvalue weighted by atomic mass is 32.2. The lowest BCUT2D eigenvalue weighted by atomic mass is 9.86. The maximum absolute atomic E-state index is 11.0. The first kappa shape index (κ1) is 10.7. The summed E-state index contributed by atoms with van der Waals surface area (Å²) < 4.78 is 21.9. The first-order valence-electron chi connectivity index (χ1n) is 4.50. The number of hydrogen-bond acceptors (Lipinski definition) is 3.